The minimum Gasteiger partial charge on any atom is -0.429 e. The predicted octanol–water partition coefficient (Wildman–Crippen LogP) is 6.53. The minimum atomic E-state index is -3.31. The van der Waals surface area contributed by atoms with Gasteiger partial charge in [0.05, 0.1) is 12.4 Å². The van der Waals surface area contributed by atoms with Crippen molar-refractivity contribution < 1.29 is 22.3 Å². The second-order valence-corrected chi connectivity index (χ2v) is 6.59. The lowest BCUT2D eigenvalue weighted by molar-refractivity contribution is -0.0546. The summed E-state index contributed by atoms with van der Waals surface area (Å²) in [5.74, 6) is -3.59. The molecule has 0 aliphatic carbocycles. The van der Waals surface area contributed by atoms with Crippen molar-refractivity contribution in [2.24, 2.45) is 10.2 Å². The molecule has 2 aromatic rings. The standard InChI is InChI=1S/C22H24F4N2O/c1-2-3-4-5-6-7-16-8-10-17(11-9-16)14-27-28-15-18-12-19(23)21(20(24)13-18)29-22(25)26/h8-15,22H,2-7H2,1H3/b27-14+,28-15+. The maximum absolute atomic E-state index is 13.6. The van der Waals surface area contributed by atoms with Crippen LogP contribution in [0, 0.1) is 11.6 Å². The van der Waals surface area contributed by atoms with Crippen LogP contribution in [-0.4, -0.2) is 19.0 Å². The minimum absolute atomic E-state index is 0.0391. The summed E-state index contributed by atoms with van der Waals surface area (Å²) in [4.78, 5) is 0. The average molecular weight is 408 g/mol. The lowest BCUT2D eigenvalue weighted by Crippen LogP contribution is -2.06. The Kier molecular flexibility index (Phi) is 9.34. The number of hydrogen-bond donors (Lipinski definition) is 0. The molecule has 0 heterocycles. The molecule has 0 aliphatic heterocycles. The number of halogens is 4. The fraction of sp³-hybridized carbons (Fsp3) is 0.364. The Hall–Kier alpha value is -2.70. The summed E-state index contributed by atoms with van der Waals surface area (Å²) in [6.07, 6.45) is 9.88. The molecule has 3 nitrogen and oxygen atoms in total. The van der Waals surface area contributed by atoms with E-state index in [0.29, 0.717) is 0 Å². The lowest BCUT2D eigenvalue weighted by atomic mass is 10.0. The molecule has 2 aromatic carbocycles. The SMILES string of the molecule is CCCCCCCc1ccc(/C=N/N=C/c2cc(F)c(OC(F)F)c(F)c2)cc1. The highest BCUT2D eigenvalue weighted by Crippen LogP contribution is 2.24. The molecular weight excluding hydrogens is 384 g/mol. The lowest BCUT2D eigenvalue weighted by Gasteiger charge is -2.07. The summed E-state index contributed by atoms with van der Waals surface area (Å²) >= 11 is 0. The highest BCUT2D eigenvalue weighted by Gasteiger charge is 2.16. The van der Waals surface area contributed by atoms with Crippen molar-refractivity contribution in [3.05, 3.63) is 64.7 Å². The molecule has 0 amide bonds. The number of rotatable bonds is 11. The van der Waals surface area contributed by atoms with Gasteiger partial charge in [-0.1, -0.05) is 56.9 Å². The molecule has 0 unspecified atom stereocenters. The summed E-state index contributed by atoms with van der Waals surface area (Å²) in [5, 5.41) is 7.57. The molecule has 2 rings (SSSR count). The number of aryl methyl sites for hydroxylation is 1. The van der Waals surface area contributed by atoms with Crippen molar-refractivity contribution in [1.82, 2.24) is 0 Å². The second kappa shape index (κ2) is 12.0. The van der Waals surface area contributed by atoms with Crippen molar-refractivity contribution in [3.63, 3.8) is 0 Å². The quantitative estimate of drug-likeness (QED) is 0.180. The van der Waals surface area contributed by atoms with Crippen LogP contribution >= 0.6 is 0 Å². The molecule has 0 aliphatic rings. The maximum atomic E-state index is 13.6. The zero-order chi connectivity index (χ0) is 21.1. The van der Waals surface area contributed by atoms with Gasteiger partial charge in [0.15, 0.2) is 17.4 Å². The molecular formula is C22H24F4N2O. The number of ether oxygens (including phenoxy) is 1. The van der Waals surface area contributed by atoms with E-state index in [0.717, 1.165) is 30.3 Å². The summed E-state index contributed by atoms with van der Waals surface area (Å²) in [5.41, 5.74) is 2.14. The van der Waals surface area contributed by atoms with Gasteiger partial charge in [-0.05, 0) is 36.1 Å². The predicted molar refractivity (Wildman–Crippen MR) is 107 cm³/mol. The van der Waals surface area contributed by atoms with E-state index in [1.807, 2.05) is 24.3 Å². The van der Waals surface area contributed by atoms with Crippen molar-refractivity contribution in [1.29, 1.82) is 0 Å². The molecule has 29 heavy (non-hydrogen) atoms. The van der Waals surface area contributed by atoms with Crippen LogP contribution in [0.5, 0.6) is 5.75 Å². The van der Waals surface area contributed by atoms with Gasteiger partial charge in [0.25, 0.3) is 0 Å². The monoisotopic (exact) mass is 408 g/mol. The third-order valence-electron chi connectivity index (χ3n) is 4.26. The molecule has 0 saturated heterocycles. The van der Waals surface area contributed by atoms with Crippen molar-refractivity contribution in [2.45, 2.75) is 52.1 Å². The van der Waals surface area contributed by atoms with E-state index in [4.69, 9.17) is 0 Å². The van der Waals surface area contributed by atoms with Crippen LogP contribution in [0.1, 0.15) is 55.7 Å². The van der Waals surface area contributed by atoms with Gasteiger partial charge in [-0.25, -0.2) is 8.78 Å². The van der Waals surface area contributed by atoms with Gasteiger partial charge < -0.3 is 4.74 Å². The largest absolute Gasteiger partial charge is 0.429 e. The summed E-state index contributed by atoms with van der Waals surface area (Å²) in [7, 11) is 0. The molecule has 0 atom stereocenters. The second-order valence-electron chi connectivity index (χ2n) is 6.59. The Morgan fingerprint density at radius 2 is 1.45 bits per heavy atom. The van der Waals surface area contributed by atoms with Gasteiger partial charge in [0.1, 0.15) is 0 Å². The van der Waals surface area contributed by atoms with Crippen molar-refractivity contribution in [3.8, 4) is 5.75 Å². The first-order valence-corrected chi connectivity index (χ1v) is 9.58. The first kappa shape index (κ1) is 22.6. The fourth-order valence-corrected chi connectivity index (χ4v) is 2.76. The smallest absolute Gasteiger partial charge is 0.387 e. The van der Waals surface area contributed by atoms with E-state index in [1.54, 1.807) is 0 Å². The molecule has 7 heteroatoms. The van der Waals surface area contributed by atoms with Gasteiger partial charge in [-0.15, -0.1) is 0 Å². The van der Waals surface area contributed by atoms with Crippen LogP contribution in [0.4, 0.5) is 17.6 Å². The van der Waals surface area contributed by atoms with Crippen LogP contribution in [0.25, 0.3) is 0 Å². The Labute approximate surface area is 168 Å². The van der Waals surface area contributed by atoms with Gasteiger partial charge in [-0.3, -0.25) is 0 Å². The molecule has 0 fully saturated rings. The van der Waals surface area contributed by atoms with E-state index < -0.39 is 24.0 Å². The van der Waals surface area contributed by atoms with E-state index in [1.165, 1.54) is 43.9 Å². The van der Waals surface area contributed by atoms with Gasteiger partial charge in [0, 0.05) is 5.56 Å². The molecule has 0 aromatic heterocycles. The summed E-state index contributed by atoms with van der Waals surface area (Å²) in [6, 6.07) is 9.62. The van der Waals surface area contributed by atoms with E-state index in [-0.39, 0.29) is 5.56 Å². The third-order valence-corrected chi connectivity index (χ3v) is 4.26. The highest BCUT2D eigenvalue weighted by atomic mass is 19.3. The molecule has 0 N–H and O–H groups in total. The van der Waals surface area contributed by atoms with Crippen LogP contribution in [0.2, 0.25) is 0 Å². The van der Waals surface area contributed by atoms with Crippen LogP contribution in [-0.2, 0) is 6.42 Å². The highest BCUT2D eigenvalue weighted by molar-refractivity contribution is 5.82. The fourth-order valence-electron chi connectivity index (χ4n) is 2.76. The Bertz CT molecular complexity index is 797. The van der Waals surface area contributed by atoms with Gasteiger partial charge >= 0.3 is 6.61 Å². The zero-order valence-corrected chi connectivity index (χ0v) is 16.3. The van der Waals surface area contributed by atoms with Crippen LogP contribution < -0.4 is 4.74 Å². The molecule has 0 spiro atoms. The zero-order valence-electron chi connectivity index (χ0n) is 16.3. The Morgan fingerprint density at radius 1 is 0.862 bits per heavy atom. The number of benzene rings is 2. The normalized spacial score (nSPS) is 11.8. The molecule has 0 radical (unpaired) electrons. The molecule has 0 saturated carbocycles. The Morgan fingerprint density at radius 3 is 2.03 bits per heavy atom. The number of hydrogen-bond acceptors (Lipinski definition) is 3. The van der Waals surface area contributed by atoms with E-state index in [2.05, 4.69) is 21.9 Å². The van der Waals surface area contributed by atoms with Crippen LogP contribution in [0.3, 0.4) is 0 Å². The summed E-state index contributed by atoms with van der Waals surface area (Å²) < 4.78 is 55.3. The van der Waals surface area contributed by atoms with E-state index >= 15 is 0 Å². The van der Waals surface area contributed by atoms with E-state index in [9.17, 15) is 17.6 Å². The molecule has 156 valence electrons. The topological polar surface area (TPSA) is 34.0 Å². The number of alkyl halides is 2. The Balaban J connectivity index is 1.88. The maximum Gasteiger partial charge on any atom is 0.387 e. The average Bonchev–Trinajstić information content (AvgIpc) is 2.69. The first-order chi connectivity index (χ1) is 14.0. The number of nitrogens with zero attached hydrogens (tertiary/aromatic N) is 2. The third kappa shape index (κ3) is 8.05. The van der Waals surface area contributed by atoms with Gasteiger partial charge in [-0.2, -0.15) is 19.0 Å². The number of unbranched alkanes of at least 4 members (excludes halogenated alkanes) is 4. The van der Waals surface area contributed by atoms with Gasteiger partial charge in [0.2, 0.25) is 0 Å². The first-order valence-electron chi connectivity index (χ1n) is 9.58. The van der Waals surface area contributed by atoms with Crippen LogP contribution in [0.15, 0.2) is 46.6 Å². The molecule has 0 bridgehead atoms. The van der Waals surface area contributed by atoms with Crippen molar-refractivity contribution in [2.75, 3.05) is 0 Å². The van der Waals surface area contributed by atoms with Crippen molar-refractivity contribution >= 4 is 12.4 Å². The summed E-state index contributed by atoms with van der Waals surface area (Å²) in [6.45, 7) is -1.11.